The first-order chi connectivity index (χ1) is 24.1. The average molecular weight is 679 g/mol. The number of hydrogen-bond acceptors (Lipinski definition) is 6. The van der Waals surface area contributed by atoms with Crippen molar-refractivity contribution in [3.8, 4) is 0 Å². The number of carbonyl (C=O) groups is 4. The van der Waals surface area contributed by atoms with Crippen LogP contribution in [0.2, 0.25) is 0 Å². The van der Waals surface area contributed by atoms with Crippen LogP contribution in [-0.2, 0) is 19.2 Å². The van der Waals surface area contributed by atoms with Crippen molar-refractivity contribution in [3.63, 3.8) is 0 Å². The van der Waals surface area contributed by atoms with E-state index in [0.717, 1.165) is 61.0 Å². The summed E-state index contributed by atoms with van der Waals surface area (Å²) >= 11 is 0. The highest BCUT2D eigenvalue weighted by Gasteiger charge is 2.08. The van der Waals surface area contributed by atoms with E-state index in [4.69, 9.17) is 11.5 Å². The number of unbranched alkanes of at least 4 members (excludes halogenated alkanes) is 4. The van der Waals surface area contributed by atoms with Gasteiger partial charge in [-0.15, -0.1) is 0 Å². The van der Waals surface area contributed by atoms with Crippen LogP contribution >= 0.6 is 0 Å². The molecule has 10 heteroatoms. The number of hydrogen-bond donors (Lipinski definition) is 6. The molecule has 0 saturated heterocycles. The molecule has 0 bridgehead atoms. The Morgan fingerprint density at radius 2 is 0.720 bits per heavy atom. The molecule has 0 fully saturated rings. The highest BCUT2D eigenvalue weighted by molar-refractivity contribution is 5.94. The lowest BCUT2D eigenvalue weighted by Crippen LogP contribution is -2.13. The van der Waals surface area contributed by atoms with E-state index in [0.29, 0.717) is 48.4 Å². The Balaban J connectivity index is 0.000000270. The van der Waals surface area contributed by atoms with Crippen molar-refractivity contribution in [2.24, 2.45) is 0 Å². The number of para-hydroxylation sites is 4. The van der Waals surface area contributed by atoms with Crippen LogP contribution in [0.3, 0.4) is 0 Å². The van der Waals surface area contributed by atoms with Crippen molar-refractivity contribution in [1.29, 1.82) is 0 Å². The number of nitrogen functional groups attached to an aromatic ring is 2. The van der Waals surface area contributed by atoms with Gasteiger partial charge in [-0.3, -0.25) is 19.2 Å². The summed E-state index contributed by atoms with van der Waals surface area (Å²) in [4.78, 5) is 47.5. The number of benzene rings is 4. The average Bonchev–Trinajstić information content (AvgIpc) is 3.09. The summed E-state index contributed by atoms with van der Waals surface area (Å²) in [5, 5.41) is 11.4. The van der Waals surface area contributed by atoms with Gasteiger partial charge in [-0.1, -0.05) is 72.5 Å². The molecule has 0 aliphatic heterocycles. The third kappa shape index (κ3) is 15.5. The minimum atomic E-state index is -0.0537. The van der Waals surface area contributed by atoms with E-state index in [1.165, 1.54) is 0 Å². The zero-order valence-corrected chi connectivity index (χ0v) is 29.1. The number of nitrogens with two attached hydrogens (primary N) is 2. The van der Waals surface area contributed by atoms with Gasteiger partial charge in [-0.2, -0.15) is 0 Å². The lowest BCUT2D eigenvalue weighted by molar-refractivity contribution is -0.117. The van der Waals surface area contributed by atoms with E-state index in [2.05, 4.69) is 21.3 Å². The van der Waals surface area contributed by atoms with Gasteiger partial charge < -0.3 is 32.7 Å². The smallest absolute Gasteiger partial charge is 0.224 e. The molecular weight excluding hydrogens is 628 g/mol. The Hall–Kier alpha value is -5.64. The first-order valence-corrected chi connectivity index (χ1v) is 17.1. The standard InChI is InChI=1S/2C20H25N3O2/c2*1-15-11-13-16(14-12-15)22-19(24)9-3-2-4-10-20(25)23-18-8-6-5-7-17(18)21/h2*5-8,11-14H,2-4,9-10,21H2,1H3,(H,22,24)(H,23,25). The zero-order chi connectivity index (χ0) is 36.1. The van der Waals surface area contributed by atoms with Crippen LogP contribution in [0, 0.1) is 13.8 Å². The molecule has 0 radical (unpaired) electrons. The summed E-state index contributed by atoms with van der Waals surface area (Å²) in [6.07, 6.45) is 6.45. The number of nitrogens with one attached hydrogen (secondary N) is 4. The molecule has 10 nitrogen and oxygen atoms in total. The lowest BCUT2D eigenvalue weighted by atomic mass is 10.1. The molecule has 0 unspecified atom stereocenters. The predicted octanol–water partition coefficient (Wildman–Crippen LogP) is 8.21. The van der Waals surface area contributed by atoms with Gasteiger partial charge in [0.05, 0.1) is 22.7 Å². The van der Waals surface area contributed by atoms with Gasteiger partial charge in [0, 0.05) is 37.1 Å². The fraction of sp³-hybridized carbons (Fsp3) is 0.300. The second-order valence-corrected chi connectivity index (χ2v) is 12.2. The minimum absolute atomic E-state index is 0.00497. The molecule has 0 spiro atoms. The van der Waals surface area contributed by atoms with Crippen molar-refractivity contribution in [2.75, 3.05) is 32.7 Å². The Morgan fingerprint density at radius 3 is 1.04 bits per heavy atom. The maximum atomic E-state index is 11.9. The van der Waals surface area contributed by atoms with Crippen LogP contribution in [0.25, 0.3) is 0 Å². The number of aryl methyl sites for hydroxylation is 2. The third-order valence-corrected chi connectivity index (χ3v) is 7.76. The molecule has 4 rings (SSSR count). The Bertz CT molecular complexity index is 1550. The van der Waals surface area contributed by atoms with Crippen molar-refractivity contribution >= 4 is 57.8 Å². The Labute approximate surface area is 295 Å². The third-order valence-electron chi connectivity index (χ3n) is 7.76. The summed E-state index contributed by atoms with van der Waals surface area (Å²) < 4.78 is 0. The molecule has 0 aromatic heterocycles. The molecule has 0 aliphatic rings. The predicted molar refractivity (Wildman–Crippen MR) is 205 cm³/mol. The molecule has 4 amide bonds. The van der Waals surface area contributed by atoms with Crippen LogP contribution in [0.4, 0.5) is 34.1 Å². The normalized spacial score (nSPS) is 10.3. The summed E-state index contributed by atoms with van der Waals surface area (Å²) in [6, 6.07) is 29.8. The molecule has 0 atom stereocenters. The highest BCUT2D eigenvalue weighted by atomic mass is 16.2. The van der Waals surface area contributed by atoms with Crippen molar-refractivity contribution in [1.82, 2.24) is 0 Å². The molecule has 8 N–H and O–H groups in total. The maximum absolute atomic E-state index is 11.9. The van der Waals surface area contributed by atoms with Crippen molar-refractivity contribution in [3.05, 3.63) is 108 Å². The largest absolute Gasteiger partial charge is 0.397 e. The van der Waals surface area contributed by atoms with E-state index < -0.39 is 0 Å². The molecule has 4 aromatic rings. The monoisotopic (exact) mass is 678 g/mol. The molecule has 0 saturated carbocycles. The zero-order valence-electron chi connectivity index (χ0n) is 29.1. The topological polar surface area (TPSA) is 168 Å². The van der Waals surface area contributed by atoms with E-state index in [-0.39, 0.29) is 23.6 Å². The minimum Gasteiger partial charge on any atom is -0.397 e. The van der Waals surface area contributed by atoms with Gasteiger partial charge >= 0.3 is 0 Å². The van der Waals surface area contributed by atoms with Crippen molar-refractivity contribution < 1.29 is 19.2 Å². The molecule has 0 heterocycles. The van der Waals surface area contributed by atoms with E-state index in [1.54, 1.807) is 24.3 Å². The molecule has 50 heavy (non-hydrogen) atoms. The van der Waals surface area contributed by atoms with E-state index >= 15 is 0 Å². The van der Waals surface area contributed by atoms with Crippen LogP contribution in [0.5, 0.6) is 0 Å². The van der Waals surface area contributed by atoms with Crippen LogP contribution in [0.1, 0.15) is 75.3 Å². The Kier molecular flexibility index (Phi) is 16.6. The second-order valence-electron chi connectivity index (χ2n) is 12.2. The van der Waals surface area contributed by atoms with Gasteiger partial charge in [0.25, 0.3) is 0 Å². The van der Waals surface area contributed by atoms with Gasteiger partial charge in [-0.25, -0.2) is 0 Å². The van der Waals surface area contributed by atoms with Gasteiger partial charge in [-0.05, 0) is 88.1 Å². The first-order valence-electron chi connectivity index (χ1n) is 17.1. The van der Waals surface area contributed by atoms with E-state index in [9.17, 15) is 19.2 Å². The Morgan fingerprint density at radius 1 is 0.420 bits per heavy atom. The second kappa shape index (κ2) is 21.4. The number of anilines is 6. The quantitative estimate of drug-likeness (QED) is 0.0516. The summed E-state index contributed by atoms with van der Waals surface area (Å²) in [7, 11) is 0. The SMILES string of the molecule is Cc1ccc(NC(=O)CCCCCC(=O)Nc2ccccc2N)cc1.Cc1ccc(NC(=O)CCCCCC(=O)Nc2ccccc2N)cc1. The molecule has 264 valence electrons. The van der Waals surface area contributed by atoms with Gasteiger partial charge in [0.2, 0.25) is 23.6 Å². The molecular formula is C40H50N6O4. The summed E-state index contributed by atoms with van der Waals surface area (Å²) in [5.41, 5.74) is 17.9. The number of carbonyl (C=O) groups excluding carboxylic acids is 4. The number of rotatable bonds is 16. The van der Waals surface area contributed by atoms with E-state index in [1.807, 2.05) is 86.6 Å². The highest BCUT2D eigenvalue weighted by Crippen LogP contribution is 2.19. The van der Waals surface area contributed by atoms with Gasteiger partial charge in [0.15, 0.2) is 0 Å². The number of amides is 4. The first kappa shape index (κ1) is 38.8. The summed E-state index contributed by atoms with van der Waals surface area (Å²) in [6.45, 7) is 4.02. The summed E-state index contributed by atoms with van der Waals surface area (Å²) in [5.74, 6) is -0.0975. The molecule has 0 aliphatic carbocycles. The van der Waals surface area contributed by atoms with Crippen molar-refractivity contribution in [2.45, 2.75) is 78.1 Å². The van der Waals surface area contributed by atoms with Crippen LogP contribution in [-0.4, -0.2) is 23.6 Å². The maximum Gasteiger partial charge on any atom is 0.224 e. The van der Waals surface area contributed by atoms with Crippen LogP contribution < -0.4 is 32.7 Å². The van der Waals surface area contributed by atoms with Crippen LogP contribution in [0.15, 0.2) is 97.1 Å². The lowest BCUT2D eigenvalue weighted by Gasteiger charge is -2.08. The molecule has 4 aromatic carbocycles. The fourth-order valence-corrected chi connectivity index (χ4v) is 4.86. The fourth-order valence-electron chi connectivity index (χ4n) is 4.86. The van der Waals surface area contributed by atoms with Gasteiger partial charge in [0.1, 0.15) is 0 Å².